The third kappa shape index (κ3) is 3.69. The molecule has 1 aromatic rings. The first-order valence-corrected chi connectivity index (χ1v) is 7.95. The highest BCUT2D eigenvalue weighted by atomic mass is 35.5. The smallest absolute Gasteiger partial charge is 0.306 e. The minimum absolute atomic E-state index is 0.0227. The summed E-state index contributed by atoms with van der Waals surface area (Å²) in [4.78, 5) is 38.9. The molecule has 0 unspecified atom stereocenters. The molecule has 1 aliphatic heterocycles. The quantitative estimate of drug-likeness (QED) is 0.655. The summed E-state index contributed by atoms with van der Waals surface area (Å²) < 4.78 is 5.34. The van der Waals surface area contributed by atoms with Gasteiger partial charge in [0, 0.05) is 31.0 Å². The van der Waals surface area contributed by atoms with Gasteiger partial charge in [0.2, 0.25) is 5.91 Å². The molecule has 1 aliphatic carbocycles. The zero-order valence-corrected chi connectivity index (χ0v) is 13.3. The Labute approximate surface area is 138 Å². The summed E-state index contributed by atoms with van der Waals surface area (Å²) in [5, 5.41) is 3.27. The number of amides is 1. The number of esters is 1. The van der Waals surface area contributed by atoms with Gasteiger partial charge in [0.05, 0.1) is 11.4 Å². The van der Waals surface area contributed by atoms with Crippen LogP contribution in [0.25, 0.3) is 0 Å². The monoisotopic (exact) mass is 336 g/mol. The molecule has 1 N–H and O–H groups in total. The fourth-order valence-corrected chi connectivity index (χ4v) is 3.27. The highest BCUT2D eigenvalue weighted by Crippen LogP contribution is 2.47. The van der Waals surface area contributed by atoms with Gasteiger partial charge in [-0.05, 0) is 25.0 Å². The van der Waals surface area contributed by atoms with E-state index < -0.39 is 0 Å². The van der Waals surface area contributed by atoms with Crippen LogP contribution in [0, 0.1) is 5.41 Å². The van der Waals surface area contributed by atoms with Crippen molar-refractivity contribution in [2.75, 3.05) is 6.54 Å². The number of nitrogens with one attached hydrogen (secondary N) is 1. The molecule has 0 bridgehead atoms. The molecular weight excluding hydrogens is 320 g/mol. The standard InChI is InChI=1S/C16H17ClN2O4/c17-10-1-2-12(18-8-10)13(20)3-4-15(22)23-11-5-16(6-11)7-14(21)19-9-16/h1-2,8,11H,3-7,9H2,(H,19,21). The zero-order valence-electron chi connectivity index (χ0n) is 12.5. The van der Waals surface area contributed by atoms with Gasteiger partial charge in [-0.3, -0.25) is 19.4 Å². The summed E-state index contributed by atoms with van der Waals surface area (Å²) in [6.07, 6.45) is 3.29. The maximum Gasteiger partial charge on any atom is 0.306 e. The van der Waals surface area contributed by atoms with Gasteiger partial charge in [-0.1, -0.05) is 11.6 Å². The first kappa shape index (κ1) is 15.9. The molecule has 122 valence electrons. The van der Waals surface area contributed by atoms with Gasteiger partial charge in [-0.25, -0.2) is 0 Å². The van der Waals surface area contributed by atoms with Gasteiger partial charge in [0.1, 0.15) is 11.8 Å². The third-order valence-corrected chi connectivity index (χ3v) is 4.61. The third-order valence-electron chi connectivity index (χ3n) is 4.38. The van der Waals surface area contributed by atoms with Crippen molar-refractivity contribution < 1.29 is 19.1 Å². The minimum atomic E-state index is -0.385. The van der Waals surface area contributed by atoms with E-state index in [0.29, 0.717) is 36.5 Å². The SMILES string of the molecule is O=C1CC2(CN1)CC(OC(=O)CCC(=O)c1ccc(Cl)cn1)C2. The number of ether oxygens (including phenoxy) is 1. The summed E-state index contributed by atoms with van der Waals surface area (Å²) in [5.74, 6) is -0.533. The molecule has 23 heavy (non-hydrogen) atoms. The number of carbonyl (C=O) groups is 3. The average molecular weight is 337 g/mol. The fraction of sp³-hybridized carbons (Fsp3) is 0.500. The van der Waals surface area contributed by atoms with E-state index >= 15 is 0 Å². The number of carbonyl (C=O) groups excluding carboxylic acids is 3. The number of nitrogens with zero attached hydrogens (tertiary/aromatic N) is 1. The number of aromatic nitrogens is 1. The predicted molar refractivity (Wildman–Crippen MR) is 82.0 cm³/mol. The molecule has 1 aromatic heterocycles. The molecule has 6 nitrogen and oxygen atoms in total. The minimum Gasteiger partial charge on any atom is -0.462 e. The molecule has 0 atom stereocenters. The Kier molecular flexibility index (Phi) is 4.35. The lowest BCUT2D eigenvalue weighted by molar-refractivity contribution is -0.160. The van der Waals surface area contributed by atoms with Gasteiger partial charge in [0.25, 0.3) is 0 Å². The first-order valence-electron chi connectivity index (χ1n) is 7.57. The fourth-order valence-electron chi connectivity index (χ4n) is 3.16. The van der Waals surface area contributed by atoms with E-state index in [4.69, 9.17) is 16.3 Å². The molecule has 2 fully saturated rings. The first-order chi connectivity index (χ1) is 11.0. The second kappa shape index (κ2) is 6.28. The Hall–Kier alpha value is -1.95. The normalized spacial score (nSPS) is 25.8. The Balaban J connectivity index is 1.40. The van der Waals surface area contributed by atoms with Crippen LogP contribution in [0.4, 0.5) is 0 Å². The molecule has 0 aromatic carbocycles. The van der Waals surface area contributed by atoms with Crippen LogP contribution in [0.15, 0.2) is 18.3 Å². The highest BCUT2D eigenvalue weighted by molar-refractivity contribution is 6.30. The topological polar surface area (TPSA) is 85.4 Å². The van der Waals surface area contributed by atoms with Crippen molar-refractivity contribution in [2.24, 2.45) is 5.41 Å². The lowest BCUT2D eigenvalue weighted by Gasteiger charge is -2.43. The van der Waals surface area contributed by atoms with Crippen LogP contribution in [0.3, 0.4) is 0 Å². The molecule has 1 saturated carbocycles. The number of ketones is 1. The van der Waals surface area contributed by atoms with Crippen LogP contribution in [0.5, 0.6) is 0 Å². The molecule has 3 rings (SSSR count). The van der Waals surface area contributed by atoms with E-state index in [9.17, 15) is 14.4 Å². The van der Waals surface area contributed by atoms with Crippen LogP contribution in [0.2, 0.25) is 5.02 Å². The maximum atomic E-state index is 11.9. The molecule has 0 radical (unpaired) electrons. The van der Waals surface area contributed by atoms with Gasteiger partial charge in [-0.15, -0.1) is 0 Å². The van der Waals surface area contributed by atoms with Crippen LogP contribution in [-0.4, -0.2) is 35.3 Å². The van der Waals surface area contributed by atoms with E-state index in [2.05, 4.69) is 10.3 Å². The largest absolute Gasteiger partial charge is 0.462 e. The van der Waals surface area contributed by atoms with Crippen molar-refractivity contribution >= 4 is 29.3 Å². The average Bonchev–Trinajstić information content (AvgIpc) is 2.87. The van der Waals surface area contributed by atoms with Crippen LogP contribution >= 0.6 is 11.6 Å². The molecular formula is C16H17ClN2O4. The predicted octanol–water partition coefficient (Wildman–Crippen LogP) is 1.91. The second-order valence-electron chi connectivity index (χ2n) is 6.26. The Bertz CT molecular complexity index is 638. The van der Waals surface area contributed by atoms with Crippen molar-refractivity contribution in [3.63, 3.8) is 0 Å². The van der Waals surface area contributed by atoms with E-state index in [1.807, 2.05) is 0 Å². The molecule has 7 heteroatoms. The Morgan fingerprint density at radius 1 is 1.35 bits per heavy atom. The summed E-state index contributed by atoms with van der Waals surface area (Å²) in [7, 11) is 0. The molecule has 1 saturated heterocycles. The number of pyridine rings is 1. The molecule has 2 heterocycles. The lowest BCUT2D eigenvalue weighted by atomic mass is 9.66. The van der Waals surface area contributed by atoms with E-state index in [0.717, 1.165) is 0 Å². The lowest BCUT2D eigenvalue weighted by Crippen LogP contribution is -2.44. The second-order valence-corrected chi connectivity index (χ2v) is 6.69. The number of halogens is 1. The van der Waals surface area contributed by atoms with E-state index in [1.165, 1.54) is 12.3 Å². The highest BCUT2D eigenvalue weighted by Gasteiger charge is 2.50. The van der Waals surface area contributed by atoms with Crippen LogP contribution in [-0.2, 0) is 14.3 Å². The van der Waals surface area contributed by atoms with Crippen LogP contribution < -0.4 is 5.32 Å². The molecule has 2 aliphatic rings. The molecule has 1 spiro atoms. The number of hydrogen-bond acceptors (Lipinski definition) is 5. The van der Waals surface area contributed by atoms with Crippen molar-refractivity contribution in [3.8, 4) is 0 Å². The summed E-state index contributed by atoms with van der Waals surface area (Å²) in [6.45, 7) is 0.667. The maximum absolute atomic E-state index is 11.9. The van der Waals surface area contributed by atoms with Crippen molar-refractivity contribution in [3.05, 3.63) is 29.0 Å². The van der Waals surface area contributed by atoms with Gasteiger partial charge in [0.15, 0.2) is 5.78 Å². The van der Waals surface area contributed by atoms with Crippen LogP contribution in [0.1, 0.15) is 42.6 Å². The number of Topliss-reactive ketones (excluding diaryl/α,β-unsaturated/α-hetero) is 1. The van der Waals surface area contributed by atoms with E-state index in [-0.39, 0.29) is 42.0 Å². The van der Waals surface area contributed by atoms with Gasteiger partial charge < -0.3 is 10.1 Å². The van der Waals surface area contributed by atoms with Crippen molar-refractivity contribution in [1.29, 1.82) is 0 Å². The van der Waals surface area contributed by atoms with Crippen molar-refractivity contribution in [1.82, 2.24) is 10.3 Å². The Morgan fingerprint density at radius 3 is 2.74 bits per heavy atom. The number of rotatable bonds is 5. The zero-order chi connectivity index (χ0) is 16.4. The molecule has 1 amide bonds. The summed E-state index contributed by atoms with van der Waals surface area (Å²) in [6, 6.07) is 3.13. The summed E-state index contributed by atoms with van der Waals surface area (Å²) in [5.41, 5.74) is 0.269. The van der Waals surface area contributed by atoms with E-state index in [1.54, 1.807) is 6.07 Å². The van der Waals surface area contributed by atoms with Crippen molar-refractivity contribution in [2.45, 2.75) is 38.2 Å². The summed E-state index contributed by atoms with van der Waals surface area (Å²) >= 11 is 5.71. The Morgan fingerprint density at radius 2 is 2.13 bits per heavy atom. The number of hydrogen-bond donors (Lipinski definition) is 1. The van der Waals surface area contributed by atoms with Gasteiger partial charge in [-0.2, -0.15) is 0 Å². The van der Waals surface area contributed by atoms with Gasteiger partial charge >= 0.3 is 5.97 Å².